The third-order valence-electron chi connectivity index (χ3n) is 2.26. The lowest BCUT2D eigenvalue weighted by atomic mass is 9.95. The van der Waals surface area contributed by atoms with E-state index in [0.29, 0.717) is 0 Å². The van der Waals surface area contributed by atoms with Gasteiger partial charge in [-0.2, -0.15) is 4.99 Å². The summed E-state index contributed by atoms with van der Waals surface area (Å²) in [6, 6.07) is 7.60. The second kappa shape index (κ2) is 4.95. The van der Waals surface area contributed by atoms with Gasteiger partial charge in [-0.25, -0.2) is 4.79 Å². The van der Waals surface area contributed by atoms with Gasteiger partial charge in [0.05, 0.1) is 11.6 Å². The zero-order valence-corrected chi connectivity index (χ0v) is 10.2. The standard InChI is InChI=1S/C13H17NO2/c1-10(2)16-12-7-5-11(6-8-12)13(3,4)14-9-15/h5-8,10H,1-4H3. The Morgan fingerprint density at radius 2 is 1.81 bits per heavy atom. The number of rotatable bonds is 4. The second-order valence-corrected chi connectivity index (χ2v) is 4.45. The molecule has 86 valence electrons. The second-order valence-electron chi connectivity index (χ2n) is 4.45. The van der Waals surface area contributed by atoms with Crippen LogP contribution in [0.4, 0.5) is 0 Å². The number of aliphatic imine (C=N–C) groups is 1. The molecule has 0 N–H and O–H groups in total. The van der Waals surface area contributed by atoms with E-state index in [-0.39, 0.29) is 6.10 Å². The molecule has 0 amide bonds. The van der Waals surface area contributed by atoms with Crippen molar-refractivity contribution in [2.75, 3.05) is 0 Å². The topological polar surface area (TPSA) is 38.7 Å². The van der Waals surface area contributed by atoms with Crippen LogP contribution in [0.1, 0.15) is 33.3 Å². The highest BCUT2D eigenvalue weighted by atomic mass is 16.5. The highest BCUT2D eigenvalue weighted by Gasteiger charge is 2.18. The number of nitrogens with zero attached hydrogens (tertiary/aromatic N) is 1. The van der Waals surface area contributed by atoms with Gasteiger partial charge in [0.15, 0.2) is 0 Å². The summed E-state index contributed by atoms with van der Waals surface area (Å²) >= 11 is 0. The Morgan fingerprint density at radius 3 is 2.25 bits per heavy atom. The van der Waals surface area contributed by atoms with Crippen LogP contribution in [0.5, 0.6) is 5.75 Å². The van der Waals surface area contributed by atoms with Crippen molar-refractivity contribution >= 4 is 6.08 Å². The van der Waals surface area contributed by atoms with Crippen molar-refractivity contribution in [2.45, 2.75) is 39.3 Å². The van der Waals surface area contributed by atoms with Crippen molar-refractivity contribution in [3.63, 3.8) is 0 Å². The molecule has 0 unspecified atom stereocenters. The van der Waals surface area contributed by atoms with E-state index in [4.69, 9.17) is 4.74 Å². The lowest BCUT2D eigenvalue weighted by Gasteiger charge is -2.18. The molecule has 0 spiro atoms. The Labute approximate surface area is 96.2 Å². The van der Waals surface area contributed by atoms with Crippen molar-refractivity contribution in [3.8, 4) is 5.75 Å². The summed E-state index contributed by atoms with van der Waals surface area (Å²) in [7, 11) is 0. The molecule has 0 aliphatic heterocycles. The lowest BCUT2D eigenvalue weighted by molar-refractivity contribution is 0.242. The molecular weight excluding hydrogens is 202 g/mol. The molecule has 1 aromatic rings. The third-order valence-corrected chi connectivity index (χ3v) is 2.26. The first-order valence-corrected chi connectivity index (χ1v) is 5.32. The fourth-order valence-electron chi connectivity index (χ4n) is 1.39. The van der Waals surface area contributed by atoms with Crippen LogP contribution < -0.4 is 4.74 Å². The molecule has 1 aromatic carbocycles. The predicted molar refractivity (Wildman–Crippen MR) is 63.4 cm³/mol. The molecule has 1 rings (SSSR count). The number of hydrogen-bond donors (Lipinski definition) is 0. The predicted octanol–water partition coefficient (Wildman–Crippen LogP) is 3.04. The maximum atomic E-state index is 10.3. The highest BCUT2D eigenvalue weighted by molar-refractivity contribution is 5.38. The van der Waals surface area contributed by atoms with Crippen LogP contribution in [-0.2, 0) is 10.3 Å². The molecule has 16 heavy (non-hydrogen) atoms. The molecule has 0 radical (unpaired) electrons. The molecule has 0 aromatic heterocycles. The van der Waals surface area contributed by atoms with Gasteiger partial charge in [-0.15, -0.1) is 0 Å². The smallest absolute Gasteiger partial charge is 0.235 e. The zero-order chi connectivity index (χ0) is 12.2. The SMILES string of the molecule is CC(C)Oc1ccc(C(C)(C)N=C=O)cc1. The number of carbonyl (C=O) groups excluding carboxylic acids is 1. The van der Waals surface area contributed by atoms with Crippen LogP contribution in [0.15, 0.2) is 29.3 Å². The molecule has 3 heteroatoms. The van der Waals surface area contributed by atoms with Gasteiger partial charge in [0, 0.05) is 0 Å². The van der Waals surface area contributed by atoms with Gasteiger partial charge in [0.1, 0.15) is 5.75 Å². The largest absolute Gasteiger partial charge is 0.491 e. The molecule has 0 aliphatic rings. The van der Waals surface area contributed by atoms with E-state index >= 15 is 0 Å². The Morgan fingerprint density at radius 1 is 1.25 bits per heavy atom. The molecule has 0 fully saturated rings. The zero-order valence-electron chi connectivity index (χ0n) is 10.2. The van der Waals surface area contributed by atoms with Crippen LogP contribution in [0.2, 0.25) is 0 Å². The minimum atomic E-state index is -0.530. The summed E-state index contributed by atoms with van der Waals surface area (Å²) in [5.74, 6) is 0.824. The molecule has 0 aliphatic carbocycles. The maximum Gasteiger partial charge on any atom is 0.235 e. The van der Waals surface area contributed by atoms with Crippen molar-refractivity contribution in [1.29, 1.82) is 0 Å². The van der Waals surface area contributed by atoms with Crippen LogP contribution >= 0.6 is 0 Å². The first kappa shape index (κ1) is 12.5. The summed E-state index contributed by atoms with van der Waals surface area (Å²) in [6.07, 6.45) is 1.76. The van der Waals surface area contributed by atoms with Gasteiger partial charge in [0.2, 0.25) is 6.08 Å². The summed E-state index contributed by atoms with van der Waals surface area (Å²) in [5.41, 5.74) is 0.435. The van der Waals surface area contributed by atoms with Crippen molar-refractivity contribution in [3.05, 3.63) is 29.8 Å². The first-order chi connectivity index (χ1) is 7.45. The number of hydrogen-bond acceptors (Lipinski definition) is 3. The number of ether oxygens (including phenoxy) is 1. The van der Waals surface area contributed by atoms with Gasteiger partial charge in [0.25, 0.3) is 0 Å². The highest BCUT2D eigenvalue weighted by Crippen LogP contribution is 2.26. The Kier molecular flexibility index (Phi) is 3.86. The van der Waals surface area contributed by atoms with Gasteiger partial charge in [-0.3, -0.25) is 0 Å². The summed E-state index contributed by atoms with van der Waals surface area (Å²) in [5, 5.41) is 0. The molecule has 0 bridgehead atoms. The van der Waals surface area contributed by atoms with Crippen LogP contribution in [0.3, 0.4) is 0 Å². The normalized spacial score (nSPS) is 11.1. The maximum absolute atomic E-state index is 10.3. The summed E-state index contributed by atoms with van der Waals surface area (Å²) < 4.78 is 5.53. The Hall–Kier alpha value is -1.60. The molecule has 0 atom stereocenters. The summed E-state index contributed by atoms with van der Waals surface area (Å²) in [6.45, 7) is 7.70. The molecular formula is C13H17NO2. The van der Waals surface area contributed by atoms with Crippen molar-refractivity contribution < 1.29 is 9.53 Å². The first-order valence-electron chi connectivity index (χ1n) is 5.32. The van der Waals surface area contributed by atoms with E-state index in [9.17, 15) is 4.79 Å². The minimum Gasteiger partial charge on any atom is -0.491 e. The van der Waals surface area contributed by atoms with Gasteiger partial charge in [-0.1, -0.05) is 12.1 Å². The quantitative estimate of drug-likeness (QED) is 0.576. The fourth-order valence-corrected chi connectivity index (χ4v) is 1.39. The minimum absolute atomic E-state index is 0.159. The van der Waals surface area contributed by atoms with E-state index in [1.807, 2.05) is 52.0 Å². The summed E-state index contributed by atoms with van der Waals surface area (Å²) in [4.78, 5) is 14.1. The molecule has 0 heterocycles. The number of isocyanates is 1. The third kappa shape index (κ3) is 3.21. The van der Waals surface area contributed by atoms with E-state index in [0.717, 1.165) is 11.3 Å². The van der Waals surface area contributed by atoms with Gasteiger partial charge in [-0.05, 0) is 45.4 Å². The Balaban J connectivity index is 2.90. The van der Waals surface area contributed by atoms with Crippen LogP contribution in [-0.4, -0.2) is 12.2 Å². The van der Waals surface area contributed by atoms with E-state index < -0.39 is 5.54 Å². The van der Waals surface area contributed by atoms with Crippen molar-refractivity contribution in [1.82, 2.24) is 0 Å². The van der Waals surface area contributed by atoms with E-state index in [2.05, 4.69) is 4.99 Å². The van der Waals surface area contributed by atoms with E-state index in [1.54, 1.807) is 6.08 Å². The number of benzene rings is 1. The van der Waals surface area contributed by atoms with Crippen LogP contribution in [0, 0.1) is 0 Å². The molecule has 0 saturated carbocycles. The lowest BCUT2D eigenvalue weighted by Crippen LogP contribution is -2.13. The van der Waals surface area contributed by atoms with Gasteiger partial charge >= 0.3 is 0 Å². The average Bonchev–Trinajstić information content (AvgIpc) is 2.17. The van der Waals surface area contributed by atoms with Gasteiger partial charge < -0.3 is 4.74 Å². The molecule has 0 saturated heterocycles. The molecule has 3 nitrogen and oxygen atoms in total. The van der Waals surface area contributed by atoms with Crippen LogP contribution in [0.25, 0.3) is 0 Å². The monoisotopic (exact) mass is 219 g/mol. The fraction of sp³-hybridized carbons (Fsp3) is 0.462. The van der Waals surface area contributed by atoms with Crippen molar-refractivity contribution in [2.24, 2.45) is 4.99 Å². The average molecular weight is 219 g/mol. The Bertz CT molecular complexity index is 387. The van der Waals surface area contributed by atoms with E-state index in [1.165, 1.54) is 0 Å².